The van der Waals surface area contributed by atoms with Gasteiger partial charge < -0.3 is 20.1 Å². The van der Waals surface area contributed by atoms with Crippen LogP contribution in [-0.2, 0) is 11.3 Å². The molecule has 0 spiro atoms. The molecule has 0 aliphatic rings. The van der Waals surface area contributed by atoms with Crippen molar-refractivity contribution in [2.45, 2.75) is 13.5 Å². The molecule has 0 aliphatic carbocycles. The van der Waals surface area contributed by atoms with Gasteiger partial charge in [0.2, 0.25) is 5.88 Å². The Balaban J connectivity index is 2.47. The third-order valence-electron chi connectivity index (χ3n) is 2.77. The Labute approximate surface area is 117 Å². The molecule has 1 aromatic rings. The van der Waals surface area contributed by atoms with Gasteiger partial charge in [0.1, 0.15) is 0 Å². The van der Waals surface area contributed by atoms with E-state index in [1.807, 2.05) is 0 Å². The maximum Gasteiger partial charge on any atom is 0.317 e. The SMILES string of the molecule is COc1cc(CNC(=O)N(C)CC(C)C(=O)O)ccn1. The van der Waals surface area contributed by atoms with Crippen LogP contribution in [0.1, 0.15) is 12.5 Å². The summed E-state index contributed by atoms with van der Waals surface area (Å²) < 4.78 is 4.99. The van der Waals surface area contributed by atoms with Gasteiger partial charge in [0, 0.05) is 32.4 Å². The number of aliphatic carboxylic acids is 1. The quantitative estimate of drug-likeness (QED) is 0.810. The highest BCUT2D eigenvalue weighted by atomic mass is 16.5. The minimum absolute atomic E-state index is 0.154. The molecule has 0 aliphatic heterocycles. The van der Waals surface area contributed by atoms with Crippen LogP contribution in [0.15, 0.2) is 18.3 Å². The number of carboxylic acids is 1. The summed E-state index contributed by atoms with van der Waals surface area (Å²) in [5.74, 6) is -1.06. The van der Waals surface area contributed by atoms with Crippen molar-refractivity contribution in [2.24, 2.45) is 5.92 Å². The normalized spacial score (nSPS) is 11.6. The van der Waals surface area contributed by atoms with Crippen LogP contribution in [-0.4, -0.2) is 47.7 Å². The number of ether oxygens (including phenoxy) is 1. The van der Waals surface area contributed by atoms with Crippen molar-refractivity contribution < 1.29 is 19.4 Å². The summed E-state index contributed by atoms with van der Waals surface area (Å²) in [6.45, 7) is 2.03. The summed E-state index contributed by atoms with van der Waals surface area (Å²) in [5.41, 5.74) is 0.852. The van der Waals surface area contributed by atoms with Gasteiger partial charge >= 0.3 is 12.0 Å². The van der Waals surface area contributed by atoms with Crippen molar-refractivity contribution in [1.82, 2.24) is 15.2 Å². The lowest BCUT2D eigenvalue weighted by molar-refractivity contribution is -0.141. The molecule has 0 saturated carbocycles. The monoisotopic (exact) mass is 281 g/mol. The summed E-state index contributed by atoms with van der Waals surface area (Å²) in [6, 6.07) is 3.16. The highest BCUT2D eigenvalue weighted by molar-refractivity contribution is 5.75. The lowest BCUT2D eigenvalue weighted by Crippen LogP contribution is -2.40. The number of carboxylic acid groups (broad SMARTS) is 1. The van der Waals surface area contributed by atoms with Gasteiger partial charge in [0.25, 0.3) is 0 Å². The highest BCUT2D eigenvalue weighted by Gasteiger charge is 2.17. The van der Waals surface area contributed by atoms with Crippen LogP contribution < -0.4 is 10.1 Å². The Hall–Kier alpha value is -2.31. The number of carbonyl (C=O) groups is 2. The molecule has 7 heteroatoms. The third-order valence-corrected chi connectivity index (χ3v) is 2.77. The molecule has 110 valence electrons. The zero-order valence-electron chi connectivity index (χ0n) is 11.8. The van der Waals surface area contributed by atoms with E-state index in [1.54, 1.807) is 32.3 Å². The average Bonchev–Trinajstić information content (AvgIpc) is 2.44. The Morgan fingerprint density at radius 2 is 2.25 bits per heavy atom. The fraction of sp³-hybridized carbons (Fsp3) is 0.462. The maximum atomic E-state index is 11.8. The largest absolute Gasteiger partial charge is 0.481 e. The Morgan fingerprint density at radius 1 is 1.55 bits per heavy atom. The van der Waals surface area contributed by atoms with Crippen LogP contribution in [0.4, 0.5) is 4.79 Å². The zero-order chi connectivity index (χ0) is 15.1. The molecule has 0 aromatic carbocycles. The van der Waals surface area contributed by atoms with Crippen LogP contribution in [0.25, 0.3) is 0 Å². The smallest absolute Gasteiger partial charge is 0.317 e. The number of hydrogen-bond acceptors (Lipinski definition) is 4. The summed E-state index contributed by atoms with van der Waals surface area (Å²) in [4.78, 5) is 27.8. The number of methoxy groups -OCH3 is 1. The summed E-state index contributed by atoms with van der Waals surface area (Å²) in [6.07, 6.45) is 1.59. The van der Waals surface area contributed by atoms with Crippen molar-refractivity contribution in [3.8, 4) is 5.88 Å². The lowest BCUT2D eigenvalue weighted by atomic mass is 10.2. The molecule has 1 heterocycles. The van der Waals surface area contributed by atoms with Crippen molar-refractivity contribution in [2.75, 3.05) is 20.7 Å². The van der Waals surface area contributed by atoms with Crippen molar-refractivity contribution in [3.05, 3.63) is 23.9 Å². The first-order valence-corrected chi connectivity index (χ1v) is 6.14. The van der Waals surface area contributed by atoms with E-state index < -0.39 is 11.9 Å². The molecule has 0 bridgehead atoms. The van der Waals surface area contributed by atoms with Crippen molar-refractivity contribution in [1.29, 1.82) is 0 Å². The molecule has 0 fully saturated rings. The Kier molecular flexibility index (Phi) is 5.76. The topological polar surface area (TPSA) is 91.8 Å². The van der Waals surface area contributed by atoms with Gasteiger partial charge in [-0.1, -0.05) is 6.92 Å². The molecule has 0 radical (unpaired) electrons. The van der Waals surface area contributed by atoms with Crippen LogP contribution in [0, 0.1) is 5.92 Å². The lowest BCUT2D eigenvalue weighted by Gasteiger charge is -2.20. The van der Waals surface area contributed by atoms with Gasteiger partial charge in [-0.2, -0.15) is 0 Å². The first-order chi connectivity index (χ1) is 9.43. The van der Waals surface area contributed by atoms with Gasteiger partial charge in [0.15, 0.2) is 0 Å². The number of rotatable bonds is 6. The molecule has 0 saturated heterocycles. The highest BCUT2D eigenvalue weighted by Crippen LogP contribution is 2.08. The fourth-order valence-electron chi connectivity index (χ4n) is 1.56. The second kappa shape index (κ2) is 7.32. The van der Waals surface area contributed by atoms with E-state index in [1.165, 1.54) is 12.0 Å². The summed E-state index contributed by atoms with van der Waals surface area (Å²) in [7, 11) is 3.08. The minimum atomic E-state index is -0.927. The summed E-state index contributed by atoms with van der Waals surface area (Å²) >= 11 is 0. The molecule has 7 nitrogen and oxygen atoms in total. The minimum Gasteiger partial charge on any atom is -0.481 e. The van der Waals surface area contributed by atoms with Gasteiger partial charge in [-0.3, -0.25) is 4.79 Å². The molecule has 20 heavy (non-hydrogen) atoms. The number of carbonyl (C=O) groups excluding carboxylic acids is 1. The van der Waals surface area contributed by atoms with E-state index >= 15 is 0 Å². The van der Waals surface area contributed by atoms with E-state index in [-0.39, 0.29) is 12.6 Å². The first-order valence-electron chi connectivity index (χ1n) is 6.14. The molecule has 2 N–H and O–H groups in total. The zero-order valence-corrected chi connectivity index (χ0v) is 11.8. The molecule has 1 aromatic heterocycles. The van der Waals surface area contributed by atoms with E-state index in [4.69, 9.17) is 9.84 Å². The van der Waals surface area contributed by atoms with E-state index in [0.29, 0.717) is 12.4 Å². The van der Waals surface area contributed by atoms with Gasteiger partial charge in [0.05, 0.1) is 13.0 Å². The second-order valence-electron chi connectivity index (χ2n) is 4.48. The molecular formula is C13H19N3O4. The maximum absolute atomic E-state index is 11.8. The standard InChI is InChI=1S/C13H19N3O4/c1-9(12(17)18)8-16(2)13(19)15-7-10-4-5-14-11(6-10)20-3/h4-6,9H,7-8H2,1-3H3,(H,15,19)(H,17,18). The number of urea groups is 1. The van der Waals surface area contributed by atoms with Crippen molar-refractivity contribution >= 4 is 12.0 Å². The van der Waals surface area contributed by atoms with E-state index in [9.17, 15) is 9.59 Å². The second-order valence-corrected chi connectivity index (χ2v) is 4.48. The van der Waals surface area contributed by atoms with E-state index in [0.717, 1.165) is 5.56 Å². The molecule has 1 atom stereocenters. The van der Waals surface area contributed by atoms with Crippen LogP contribution in [0.5, 0.6) is 5.88 Å². The van der Waals surface area contributed by atoms with Crippen molar-refractivity contribution in [3.63, 3.8) is 0 Å². The Morgan fingerprint density at radius 3 is 2.85 bits per heavy atom. The van der Waals surface area contributed by atoms with Crippen LogP contribution >= 0.6 is 0 Å². The summed E-state index contributed by atoms with van der Waals surface area (Å²) in [5, 5.41) is 11.5. The number of aromatic nitrogens is 1. The number of nitrogens with zero attached hydrogens (tertiary/aromatic N) is 2. The number of pyridine rings is 1. The number of nitrogens with one attached hydrogen (secondary N) is 1. The predicted molar refractivity (Wildman–Crippen MR) is 72.5 cm³/mol. The number of hydrogen-bond donors (Lipinski definition) is 2. The van der Waals surface area contributed by atoms with Gasteiger partial charge in [-0.25, -0.2) is 9.78 Å². The molecule has 2 amide bonds. The Bertz CT molecular complexity index is 478. The molecule has 1 rings (SSSR count). The third kappa shape index (κ3) is 4.75. The number of amides is 2. The van der Waals surface area contributed by atoms with Crippen LogP contribution in [0.2, 0.25) is 0 Å². The van der Waals surface area contributed by atoms with Gasteiger partial charge in [-0.05, 0) is 11.6 Å². The van der Waals surface area contributed by atoms with Crippen LogP contribution in [0.3, 0.4) is 0 Å². The fourth-order valence-corrected chi connectivity index (χ4v) is 1.56. The molecule has 1 unspecified atom stereocenters. The van der Waals surface area contributed by atoms with E-state index in [2.05, 4.69) is 10.3 Å². The van der Waals surface area contributed by atoms with Gasteiger partial charge in [-0.15, -0.1) is 0 Å². The first kappa shape index (κ1) is 15.7. The predicted octanol–water partition coefficient (Wildman–Crippen LogP) is 0.952. The molecular weight excluding hydrogens is 262 g/mol. The average molecular weight is 281 g/mol.